The fourth-order valence-corrected chi connectivity index (χ4v) is 1.07. The Hall–Kier alpha value is -1.04. The van der Waals surface area contributed by atoms with E-state index in [2.05, 4.69) is 43.9 Å². The van der Waals surface area contributed by atoms with Gasteiger partial charge >= 0.3 is 0 Å². The number of hydrogen-bond acceptors (Lipinski definition) is 0. The van der Waals surface area contributed by atoms with Crippen molar-refractivity contribution in [1.82, 2.24) is 0 Å². The van der Waals surface area contributed by atoms with Gasteiger partial charge in [-0.2, -0.15) is 0 Å². The van der Waals surface area contributed by atoms with Crippen LogP contribution in [0.2, 0.25) is 0 Å². The molecule has 11 heavy (non-hydrogen) atoms. The van der Waals surface area contributed by atoms with Crippen molar-refractivity contribution in [2.75, 3.05) is 0 Å². The van der Waals surface area contributed by atoms with Crippen molar-refractivity contribution in [3.63, 3.8) is 0 Å². The fraction of sp³-hybridized carbons (Fsp3) is 0.273. The van der Waals surface area contributed by atoms with Crippen LogP contribution in [0.1, 0.15) is 13.3 Å². The van der Waals surface area contributed by atoms with Crippen molar-refractivity contribution in [3.8, 4) is 0 Å². The third-order valence-corrected chi connectivity index (χ3v) is 1.90. The highest BCUT2D eigenvalue weighted by molar-refractivity contribution is 5.29. The van der Waals surface area contributed by atoms with E-state index in [1.807, 2.05) is 6.08 Å². The van der Waals surface area contributed by atoms with Crippen LogP contribution in [0, 0.1) is 5.92 Å². The summed E-state index contributed by atoms with van der Waals surface area (Å²) in [6, 6.07) is 0. The average Bonchev–Trinajstić information content (AvgIpc) is 2.30. The smallest absolute Gasteiger partial charge is 0.00162 e. The van der Waals surface area contributed by atoms with Gasteiger partial charge in [0, 0.05) is 0 Å². The van der Waals surface area contributed by atoms with E-state index >= 15 is 0 Å². The Balaban J connectivity index is 2.71. The van der Waals surface area contributed by atoms with Crippen LogP contribution in [-0.2, 0) is 0 Å². The molecule has 0 heteroatoms. The molecule has 1 aliphatic rings. The number of rotatable bonds is 2. The highest BCUT2D eigenvalue weighted by atomic mass is 14.0. The molecule has 0 saturated heterocycles. The van der Waals surface area contributed by atoms with Crippen molar-refractivity contribution in [2.24, 2.45) is 5.92 Å². The molecular formula is C11H14. The second kappa shape index (κ2) is 3.97. The topological polar surface area (TPSA) is 0 Å². The van der Waals surface area contributed by atoms with Crippen molar-refractivity contribution >= 4 is 0 Å². The summed E-state index contributed by atoms with van der Waals surface area (Å²) in [5.74, 6) is 0.478. The summed E-state index contributed by atoms with van der Waals surface area (Å²) in [5.41, 5.74) is 1.37. The monoisotopic (exact) mass is 146 g/mol. The van der Waals surface area contributed by atoms with Gasteiger partial charge in [-0.15, -0.1) is 6.58 Å². The Bertz CT molecular complexity index is 216. The lowest BCUT2D eigenvalue weighted by Crippen LogP contribution is -1.90. The maximum atomic E-state index is 3.77. The molecule has 0 aromatic carbocycles. The molecular weight excluding hydrogens is 132 g/mol. The van der Waals surface area contributed by atoms with Crippen LogP contribution in [-0.4, -0.2) is 0 Å². The molecule has 1 rings (SSSR count). The minimum atomic E-state index is 0.478. The first-order chi connectivity index (χ1) is 5.34. The van der Waals surface area contributed by atoms with Crippen molar-refractivity contribution in [3.05, 3.63) is 48.6 Å². The van der Waals surface area contributed by atoms with Crippen LogP contribution in [0.15, 0.2) is 48.6 Å². The highest BCUT2D eigenvalue weighted by Gasteiger charge is 1.99. The molecule has 0 radical (unpaired) electrons. The average molecular weight is 146 g/mol. The van der Waals surface area contributed by atoms with E-state index in [1.54, 1.807) is 0 Å². The second-order valence-corrected chi connectivity index (χ2v) is 2.75. The summed E-state index contributed by atoms with van der Waals surface area (Å²) in [5, 5.41) is 0. The minimum absolute atomic E-state index is 0.478. The standard InChI is InChI=1S/C11H14/c1-3-10(2)11-8-6-4-5-7-9-11/h3-6,8-10H,1,7H2,2H3. The van der Waals surface area contributed by atoms with Gasteiger partial charge in [0.2, 0.25) is 0 Å². The summed E-state index contributed by atoms with van der Waals surface area (Å²) >= 11 is 0. The van der Waals surface area contributed by atoms with Gasteiger partial charge in [0.1, 0.15) is 0 Å². The quantitative estimate of drug-likeness (QED) is 0.524. The van der Waals surface area contributed by atoms with E-state index in [9.17, 15) is 0 Å². The molecule has 1 aliphatic carbocycles. The lowest BCUT2D eigenvalue weighted by Gasteiger charge is -2.05. The first kappa shape index (κ1) is 8.06. The third-order valence-electron chi connectivity index (χ3n) is 1.90. The first-order valence-corrected chi connectivity index (χ1v) is 4.00. The lowest BCUT2D eigenvalue weighted by molar-refractivity contribution is 0.888. The van der Waals surface area contributed by atoms with E-state index in [0.717, 1.165) is 6.42 Å². The van der Waals surface area contributed by atoms with E-state index in [-0.39, 0.29) is 0 Å². The summed E-state index contributed by atoms with van der Waals surface area (Å²) in [6.45, 7) is 5.93. The number of hydrogen-bond donors (Lipinski definition) is 0. The van der Waals surface area contributed by atoms with Gasteiger partial charge in [-0.1, -0.05) is 43.4 Å². The molecule has 0 aliphatic heterocycles. The molecule has 0 saturated carbocycles. The summed E-state index contributed by atoms with van der Waals surface area (Å²) in [6.07, 6.45) is 13.7. The summed E-state index contributed by atoms with van der Waals surface area (Å²) in [7, 11) is 0. The molecule has 1 unspecified atom stereocenters. The summed E-state index contributed by atoms with van der Waals surface area (Å²) in [4.78, 5) is 0. The van der Waals surface area contributed by atoms with Crippen LogP contribution in [0.25, 0.3) is 0 Å². The Morgan fingerprint density at radius 2 is 2.36 bits per heavy atom. The minimum Gasteiger partial charge on any atom is -0.102 e. The van der Waals surface area contributed by atoms with Gasteiger partial charge < -0.3 is 0 Å². The maximum Gasteiger partial charge on any atom is -0.00162 e. The van der Waals surface area contributed by atoms with Crippen LogP contribution in [0.3, 0.4) is 0 Å². The Morgan fingerprint density at radius 3 is 3.09 bits per heavy atom. The van der Waals surface area contributed by atoms with Gasteiger partial charge in [0.15, 0.2) is 0 Å². The van der Waals surface area contributed by atoms with Crippen LogP contribution in [0.5, 0.6) is 0 Å². The molecule has 0 bridgehead atoms. The molecule has 0 N–H and O–H groups in total. The summed E-state index contributed by atoms with van der Waals surface area (Å²) < 4.78 is 0. The zero-order chi connectivity index (χ0) is 8.10. The van der Waals surface area contributed by atoms with Gasteiger partial charge in [-0.25, -0.2) is 0 Å². The van der Waals surface area contributed by atoms with Crippen LogP contribution in [0.4, 0.5) is 0 Å². The normalized spacial score (nSPS) is 18.8. The molecule has 0 nitrogen and oxygen atoms in total. The van der Waals surface area contributed by atoms with Crippen LogP contribution < -0.4 is 0 Å². The molecule has 0 fully saturated rings. The molecule has 0 aromatic rings. The lowest BCUT2D eigenvalue weighted by atomic mass is 10.0. The Labute approximate surface area is 68.6 Å². The number of allylic oxidation sites excluding steroid dienone is 7. The van der Waals surface area contributed by atoms with Crippen molar-refractivity contribution < 1.29 is 0 Å². The van der Waals surface area contributed by atoms with E-state index < -0.39 is 0 Å². The predicted octanol–water partition coefficient (Wildman–Crippen LogP) is 3.25. The largest absolute Gasteiger partial charge is 0.102 e. The Morgan fingerprint density at radius 1 is 1.55 bits per heavy atom. The third kappa shape index (κ3) is 2.23. The highest BCUT2D eigenvalue weighted by Crippen LogP contribution is 2.15. The molecule has 0 heterocycles. The predicted molar refractivity (Wildman–Crippen MR) is 50.3 cm³/mol. The zero-order valence-electron chi connectivity index (χ0n) is 6.96. The van der Waals surface area contributed by atoms with E-state index in [1.165, 1.54) is 5.57 Å². The van der Waals surface area contributed by atoms with Crippen LogP contribution >= 0.6 is 0 Å². The molecule has 0 amide bonds. The molecule has 1 atom stereocenters. The van der Waals surface area contributed by atoms with E-state index in [4.69, 9.17) is 0 Å². The SMILES string of the molecule is C=CC(C)C1=CCC=CC=C1. The van der Waals surface area contributed by atoms with Gasteiger partial charge in [0.25, 0.3) is 0 Å². The molecule has 58 valence electrons. The Kier molecular flexibility index (Phi) is 2.91. The second-order valence-electron chi connectivity index (χ2n) is 2.75. The zero-order valence-corrected chi connectivity index (χ0v) is 6.96. The fourth-order valence-electron chi connectivity index (χ4n) is 1.07. The van der Waals surface area contributed by atoms with Gasteiger partial charge in [-0.05, 0) is 17.9 Å². The van der Waals surface area contributed by atoms with Crippen molar-refractivity contribution in [1.29, 1.82) is 0 Å². The first-order valence-electron chi connectivity index (χ1n) is 4.00. The van der Waals surface area contributed by atoms with E-state index in [0.29, 0.717) is 5.92 Å². The van der Waals surface area contributed by atoms with Crippen molar-refractivity contribution in [2.45, 2.75) is 13.3 Å². The maximum absolute atomic E-state index is 3.77. The molecule has 0 spiro atoms. The molecule has 0 aromatic heterocycles. The van der Waals surface area contributed by atoms with Gasteiger partial charge in [-0.3, -0.25) is 0 Å². The van der Waals surface area contributed by atoms with Gasteiger partial charge in [0.05, 0.1) is 0 Å².